The second kappa shape index (κ2) is 7.19. The average molecular weight is 480 g/mol. The Bertz CT molecular complexity index is 988. The van der Waals surface area contributed by atoms with E-state index >= 15 is 0 Å². The number of ether oxygens (including phenoxy) is 5. The van der Waals surface area contributed by atoms with E-state index < -0.39 is 77.9 Å². The fourth-order valence-corrected chi connectivity index (χ4v) is 6.87. The van der Waals surface area contributed by atoms with Crippen molar-refractivity contribution in [2.75, 3.05) is 13.2 Å². The Morgan fingerprint density at radius 2 is 1.85 bits per heavy atom. The van der Waals surface area contributed by atoms with Crippen LogP contribution in [-0.4, -0.2) is 98.7 Å². The minimum absolute atomic E-state index is 0.0902. The average Bonchev–Trinajstić information content (AvgIpc) is 3.00. The van der Waals surface area contributed by atoms with Crippen molar-refractivity contribution in [3.63, 3.8) is 0 Å². The van der Waals surface area contributed by atoms with Gasteiger partial charge in [-0.05, 0) is 25.5 Å². The lowest BCUT2D eigenvalue weighted by Gasteiger charge is -2.67. The molecule has 11 heteroatoms. The van der Waals surface area contributed by atoms with Crippen molar-refractivity contribution in [3.05, 3.63) is 35.9 Å². The van der Waals surface area contributed by atoms with Crippen molar-refractivity contribution in [2.45, 2.75) is 73.8 Å². The van der Waals surface area contributed by atoms with Gasteiger partial charge in [-0.15, -0.1) is 0 Å². The van der Waals surface area contributed by atoms with E-state index in [0.29, 0.717) is 5.56 Å². The van der Waals surface area contributed by atoms with Crippen molar-refractivity contribution in [1.29, 1.82) is 0 Å². The lowest BCUT2D eigenvalue weighted by Crippen LogP contribution is -2.80. The summed E-state index contributed by atoms with van der Waals surface area (Å²) in [5.41, 5.74) is -2.99. The smallest absolute Gasteiger partial charge is 0.338 e. The summed E-state index contributed by atoms with van der Waals surface area (Å²) in [7, 11) is 0. The summed E-state index contributed by atoms with van der Waals surface area (Å²) in [6.45, 7) is 0.985. The van der Waals surface area contributed by atoms with E-state index in [0.717, 1.165) is 0 Å². The zero-order valence-electron chi connectivity index (χ0n) is 18.4. The van der Waals surface area contributed by atoms with Gasteiger partial charge in [-0.2, -0.15) is 0 Å². The fraction of sp³-hybridized carbons (Fsp3) is 0.696. The van der Waals surface area contributed by atoms with Crippen LogP contribution >= 0.6 is 0 Å². The molecule has 5 unspecified atom stereocenters. The van der Waals surface area contributed by atoms with Crippen molar-refractivity contribution in [2.24, 2.45) is 11.3 Å². The van der Waals surface area contributed by atoms with Gasteiger partial charge < -0.3 is 49.2 Å². The quantitative estimate of drug-likeness (QED) is 0.306. The first kappa shape index (κ1) is 22.8. The van der Waals surface area contributed by atoms with Crippen LogP contribution in [0.25, 0.3) is 0 Å². The Labute approximate surface area is 194 Å². The van der Waals surface area contributed by atoms with E-state index in [1.165, 1.54) is 0 Å². The predicted molar refractivity (Wildman–Crippen MR) is 109 cm³/mol. The van der Waals surface area contributed by atoms with Crippen LogP contribution in [0.4, 0.5) is 0 Å². The van der Waals surface area contributed by atoms with Crippen LogP contribution in [0.1, 0.15) is 30.1 Å². The highest BCUT2D eigenvalue weighted by Gasteiger charge is 2.94. The molecule has 4 saturated heterocycles. The van der Waals surface area contributed by atoms with Crippen LogP contribution in [-0.2, 0) is 23.7 Å². The number of esters is 1. The van der Waals surface area contributed by atoms with Gasteiger partial charge >= 0.3 is 5.97 Å². The zero-order valence-corrected chi connectivity index (χ0v) is 18.4. The largest absolute Gasteiger partial charge is 0.461 e. The van der Waals surface area contributed by atoms with Gasteiger partial charge in [-0.25, -0.2) is 4.79 Å². The maximum atomic E-state index is 12.7. The van der Waals surface area contributed by atoms with Gasteiger partial charge in [0.05, 0.1) is 17.6 Å². The molecule has 0 aromatic heterocycles. The summed E-state index contributed by atoms with van der Waals surface area (Å²) in [4.78, 5) is 12.7. The Hall–Kier alpha value is -1.67. The summed E-state index contributed by atoms with van der Waals surface area (Å²) >= 11 is 0. The molecule has 0 radical (unpaired) electrons. The summed E-state index contributed by atoms with van der Waals surface area (Å²) in [6, 6.07) is 8.47. The SMILES string of the molecule is C[C@@]12C[C@@]3(O)OC(O1)C1(COC(=O)c4ccccc4)[C@H]3C[C@@]12O[C@@H]1OC(CO)C(O)[C@H](O)C1O. The van der Waals surface area contributed by atoms with Crippen LogP contribution in [0.3, 0.4) is 0 Å². The van der Waals surface area contributed by atoms with E-state index in [1.54, 1.807) is 37.3 Å². The molecule has 7 fully saturated rings. The molecule has 0 spiro atoms. The van der Waals surface area contributed by atoms with E-state index in [1.807, 2.05) is 0 Å². The second-order valence-electron chi connectivity index (χ2n) is 10.2. The molecule has 186 valence electrons. The lowest BCUT2D eigenvalue weighted by molar-refractivity contribution is -0.424. The highest BCUT2D eigenvalue weighted by atomic mass is 16.8. The van der Waals surface area contributed by atoms with Gasteiger partial charge in [0, 0.05) is 12.3 Å². The molecular formula is C23H28O11. The molecule has 4 aliphatic heterocycles. The number of rotatable bonds is 6. The monoisotopic (exact) mass is 480 g/mol. The van der Waals surface area contributed by atoms with Gasteiger partial charge in [0.25, 0.3) is 0 Å². The minimum atomic E-state index is -1.61. The second-order valence-corrected chi connectivity index (χ2v) is 10.2. The standard InChI is InChI=1S/C23H28O11/c1-20-9-22(29)13-7-23(20,32-18-16(27)15(26)14(25)12(8-24)31-18)21(13,19(33-20)34-22)10-30-17(28)11-5-3-2-4-6-11/h2-6,12-16,18-19,24-27,29H,7-10H2,1H3/t12?,13-,14?,15+,16?,18+,19?,20+,21?,22-,23+/m1/s1. The number of hydrogen-bond donors (Lipinski definition) is 5. The first-order valence-corrected chi connectivity index (χ1v) is 11.4. The van der Waals surface area contributed by atoms with Gasteiger partial charge in [0.1, 0.15) is 42.2 Å². The van der Waals surface area contributed by atoms with Crippen molar-refractivity contribution < 1.29 is 54.0 Å². The minimum Gasteiger partial charge on any atom is -0.461 e. The van der Waals surface area contributed by atoms with Gasteiger partial charge in [0.15, 0.2) is 18.4 Å². The van der Waals surface area contributed by atoms with Crippen molar-refractivity contribution in [1.82, 2.24) is 0 Å². The van der Waals surface area contributed by atoms with Crippen LogP contribution in [0, 0.1) is 11.3 Å². The molecule has 4 heterocycles. The summed E-state index contributed by atoms with van der Waals surface area (Å²) in [5, 5.41) is 51.7. The summed E-state index contributed by atoms with van der Waals surface area (Å²) < 4.78 is 29.7. The molecule has 1 aromatic carbocycles. The molecule has 34 heavy (non-hydrogen) atoms. The predicted octanol–water partition coefficient (Wildman–Crippen LogP) is -1.36. The number of aliphatic hydroxyl groups excluding tert-OH is 4. The number of aliphatic hydroxyl groups is 5. The third kappa shape index (κ3) is 2.59. The van der Waals surface area contributed by atoms with Gasteiger partial charge in [-0.1, -0.05) is 18.2 Å². The summed E-state index contributed by atoms with van der Waals surface area (Å²) in [6.07, 6.45) is -7.87. The molecule has 11 atom stereocenters. The summed E-state index contributed by atoms with van der Waals surface area (Å²) in [5.74, 6) is -2.49. The molecule has 0 amide bonds. The van der Waals surface area contributed by atoms with Crippen LogP contribution in [0.15, 0.2) is 30.3 Å². The zero-order chi connectivity index (χ0) is 24.1. The van der Waals surface area contributed by atoms with E-state index in [2.05, 4.69) is 0 Å². The van der Waals surface area contributed by atoms with Crippen molar-refractivity contribution in [3.8, 4) is 0 Å². The maximum absolute atomic E-state index is 12.7. The third-order valence-corrected chi connectivity index (χ3v) is 8.57. The maximum Gasteiger partial charge on any atom is 0.338 e. The Morgan fingerprint density at radius 3 is 2.56 bits per heavy atom. The van der Waals surface area contributed by atoms with Crippen molar-refractivity contribution >= 4 is 5.97 Å². The van der Waals surface area contributed by atoms with Gasteiger partial charge in [-0.3, -0.25) is 0 Å². The van der Waals surface area contributed by atoms with E-state index in [9.17, 15) is 30.3 Å². The highest BCUT2D eigenvalue weighted by Crippen LogP contribution is 2.81. The topological polar surface area (TPSA) is 164 Å². The number of hydrogen-bond acceptors (Lipinski definition) is 11. The number of carbonyl (C=O) groups excluding carboxylic acids is 1. The normalized spacial score (nSPS) is 52.5. The van der Waals surface area contributed by atoms with E-state index in [-0.39, 0.29) is 19.4 Å². The Kier molecular flexibility index (Phi) is 4.81. The molecule has 5 N–H and O–H groups in total. The first-order chi connectivity index (χ1) is 16.1. The fourth-order valence-electron chi connectivity index (χ4n) is 6.87. The molecular weight excluding hydrogens is 452 g/mol. The molecule has 6 bridgehead atoms. The first-order valence-electron chi connectivity index (χ1n) is 11.4. The molecule has 8 rings (SSSR count). The Balaban J connectivity index is 1.32. The van der Waals surface area contributed by atoms with Gasteiger partial charge in [0.2, 0.25) is 0 Å². The number of benzene rings is 1. The molecule has 1 aromatic rings. The number of carbonyl (C=O) groups is 1. The molecule has 7 aliphatic rings. The highest BCUT2D eigenvalue weighted by molar-refractivity contribution is 5.89. The molecule has 3 saturated carbocycles. The van der Waals surface area contributed by atoms with Crippen LogP contribution in [0.2, 0.25) is 0 Å². The van der Waals surface area contributed by atoms with E-state index in [4.69, 9.17) is 23.7 Å². The molecule has 3 aliphatic carbocycles. The van der Waals surface area contributed by atoms with Crippen LogP contribution < -0.4 is 0 Å². The van der Waals surface area contributed by atoms with Crippen LogP contribution in [0.5, 0.6) is 0 Å². The Morgan fingerprint density at radius 1 is 1.12 bits per heavy atom. The third-order valence-electron chi connectivity index (χ3n) is 8.57. The molecule has 11 nitrogen and oxygen atoms in total. The lowest BCUT2D eigenvalue weighted by atomic mass is 9.41.